The van der Waals surface area contributed by atoms with Gasteiger partial charge in [0.15, 0.2) is 0 Å². The summed E-state index contributed by atoms with van der Waals surface area (Å²) in [6, 6.07) is 7.06. The van der Waals surface area contributed by atoms with Crippen LogP contribution < -0.4 is 5.32 Å². The molecule has 1 aliphatic rings. The molecule has 1 heterocycles. The first-order valence-corrected chi connectivity index (χ1v) is 7.50. The van der Waals surface area contributed by atoms with Crippen LogP contribution in [0.2, 0.25) is 0 Å². The Labute approximate surface area is 131 Å². The van der Waals surface area contributed by atoms with Gasteiger partial charge < -0.3 is 14.8 Å². The molecule has 1 saturated heterocycles. The highest BCUT2D eigenvalue weighted by Crippen LogP contribution is 2.23. The Bertz CT molecular complexity index is 536. The van der Waals surface area contributed by atoms with Gasteiger partial charge in [-0.2, -0.15) is 0 Å². The van der Waals surface area contributed by atoms with Crippen molar-refractivity contribution in [3.05, 3.63) is 35.4 Å². The molecule has 22 heavy (non-hydrogen) atoms. The third-order valence-electron chi connectivity index (χ3n) is 3.80. The van der Waals surface area contributed by atoms with Gasteiger partial charge in [0.1, 0.15) is 0 Å². The molecule has 0 bridgehead atoms. The van der Waals surface area contributed by atoms with Crippen molar-refractivity contribution in [3.63, 3.8) is 0 Å². The molecule has 1 fully saturated rings. The molecule has 1 N–H and O–H groups in total. The van der Waals surface area contributed by atoms with E-state index in [0.29, 0.717) is 18.6 Å². The predicted octanol–water partition coefficient (Wildman–Crippen LogP) is 2.09. The van der Waals surface area contributed by atoms with Gasteiger partial charge in [-0.3, -0.25) is 4.79 Å². The summed E-state index contributed by atoms with van der Waals surface area (Å²) in [7, 11) is 1.35. The quantitative estimate of drug-likeness (QED) is 0.865. The summed E-state index contributed by atoms with van der Waals surface area (Å²) < 4.78 is 10.3. The first kappa shape index (κ1) is 16.5. The van der Waals surface area contributed by atoms with Gasteiger partial charge in [0, 0.05) is 12.6 Å². The number of amides is 1. The second-order valence-corrected chi connectivity index (χ2v) is 6.23. The Balaban J connectivity index is 1.88. The van der Waals surface area contributed by atoms with Crippen LogP contribution in [0.3, 0.4) is 0 Å². The maximum atomic E-state index is 12.1. The second-order valence-electron chi connectivity index (χ2n) is 6.23. The van der Waals surface area contributed by atoms with Crippen molar-refractivity contribution < 1.29 is 19.1 Å². The lowest BCUT2D eigenvalue weighted by molar-refractivity contribution is -0.123. The highest BCUT2D eigenvalue weighted by atomic mass is 16.5. The molecular weight excluding hydrogens is 282 g/mol. The van der Waals surface area contributed by atoms with E-state index in [9.17, 15) is 9.59 Å². The Kier molecular flexibility index (Phi) is 5.19. The highest BCUT2D eigenvalue weighted by molar-refractivity contribution is 5.89. The van der Waals surface area contributed by atoms with Crippen molar-refractivity contribution >= 4 is 11.9 Å². The van der Waals surface area contributed by atoms with E-state index in [1.165, 1.54) is 7.11 Å². The Morgan fingerprint density at radius 2 is 2.00 bits per heavy atom. The van der Waals surface area contributed by atoms with E-state index >= 15 is 0 Å². The van der Waals surface area contributed by atoms with E-state index in [1.54, 1.807) is 24.3 Å². The van der Waals surface area contributed by atoms with E-state index < -0.39 is 0 Å². The summed E-state index contributed by atoms with van der Waals surface area (Å²) in [5, 5.41) is 3.06. The minimum Gasteiger partial charge on any atom is -0.465 e. The lowest BCUT2D eigenvalue weighted by atomic mass is 9.94. The number of rotatable bonds is 4. The molecule has 1 amide bonds. The molecule has 0 radical (unpaired) electrons. The third kappa shape index (κ3) is 4.56. The summed E-state index contributed by atoms with van der Waals surface area (Å²) in [6.45, 7) is 4.75. The zero-order valence-electron chi connectivity index (χ0n) is 13.3. The summed E-state index contributed by atoms with van der Waals surface area (Å²) in [4.78, 5) is 23.5. The lowest BCUT2D eigenvalue weighted by Crippen LogP contribution is -2.46. The van der Waals surface area contributed by atoms with Crippen LogP contribution in [0, 0.1) is 0 Å². The summed E-state index contributed by atoms with van der Waals surface area (Å²) in [5.41, 5.74) is 1.17. The molecule has 0 aromatic heterocycles. The first-order chi connectivity index (χ1) is 10.4. The van der Waals surface area contributed by atoms with Gasteiger partial charge in [0.05, 0.1) is 24.7 Å². The molecule has 0 saturated carbocycles. The van der Waals surface area contributed by atoms with Crippen LogP contribution in [0.5, 0.6) is 0 Å². The molecule has 1 aromatic carbocycles. The van der Waals surface area contributed by atoms with E-state index in [-0.39, 0.29) is 23.5 Å². The minimum absolute atomic E-state index is 0.00600. The summed E-state index contributed by atoms with van der Waals surface area (Å²) >= 11 is 0. The van der Waals surface area contributed by atoms with Crippen LogP contribution in [0.1, 0.15) is 42.6 Å². The van der Waals surface area contributed by atoms with Crippen LogP contribution in [0.15, 0.2) is 24.3 Å². The van der Waals surface area contributed by atoms with Gasteiger partial charge in [-0.25, -0.2) is 4.79 Å². The number of benzene rings is 1. The van der Waals surface area contributed by atoms with Crippen LogP contribution in [-0.2, 0) is 20.7 Å². The second kappa shape index (κ2) is 6.92. The smallest absolute Gasteiger partial charge is 0.337 e. The number of carbonyl (C=O) groups excluding carboxylic acids is 2. The van der Waals surface area contributed by atoms with Crippen molar-refractivity contribution in [2.24, 2.45) is 0 Å². The number of hydrogen-bond acceptors (Lipinski definition) is 4. The van der Waals surface area contributed by atoms with E-state index in [1.807, 2.05) is 13.8 Å². The van der Waals surface area contributed by atoms with E-state index in [2.05, 4.69) is 10.1 Å². The normalized spacial score (nSPS) is 20.2. The molecule has 2 rings (SSSR count). The predicted molar refractivity (Wildman–Crippen MR) is 82.7 cm³/mol. The van der Waals surface area contributed by atoms with E-state index in [0.717, 1.165) is 18.4 Å². The molecule has 5 nitrogen and oxygen atoms in total. The monoisotopic (exact) mass is 305 g/mol. The largest absolute Gasteiger partial charge is 0.465 e. The maximum Gasteiger partial charge on any atom is 0.337 e. The number of carbonyl (C=O) groups is 2. The zero-order chi connectivity index (χ0) is 16.2. The number of hydrogen-bond donors (Lipinski definition) is 1. The average Bonchev–Trinajstić information content (AvgIpc) is 2.46. The van der Waals surface area contributed by atoms with Gasteiger partial charge in [-0.05, 0) is 44.4 Å². The number of methoxy groups -OCH3 is 1. The molecular formula is C17H23NO4. The first-order valence-electron chi connectivity index (χ1n) is 7.50. The SMILES string of the molecule is COC(=O)c1ccc(CC(=O)N[C@@H]2CCOC(C)(C)C2)cc1. The number of nitrogens with one attached hydrogen (secondary N) is 1. The fraction of sp³-hybridized carbons (Fsp3) is 0.529. The molecule has 0 spiro atoms. The topological polar surface area (TPSA) is 64.6 Å². The van der Waals surface area contributed by atoms with Crippen LogP contribution in [-0.4, -0.2) is 37.2 Å². The van der Waals surface area contributed by atoms with Gasteiger partial charge in [0.2, 0.25) is 5.91 Å². The van der Waals surface area contributed by atoms with Gasteiger partial charge >= 0.3 is 5.97 Å². The third-order valence-corrected chi connectivity index (χ3v) is 3.80. The standard InChI is InChI=1S/C17H23NO4/c1-17(2)11-14(8-9-22-17)18-15(19)10-12-4-6-13(7-5-12)16(20)21-3/h4-7,14H,8-11H2,1-3H3,(H,18,19)/t14-/m1/s1. The molecule has 5 heteroatoms. The Hall–Kier alpha value is -1.88. The summed E-state index contributed by atoms with van der Waals surface area (Å²) in [5.74, 6) is -0.381. The molecule has 1 aromatic rings. The number of esters is 1. The minimum atomic E-state index is -0.375. The van der Waals surface area contributed by atoms with Crippen molar-refractivity contribution in [3.8, 4) is 0 Å². The van der Waals surface area contributed by atoms with Crippen LogP contribution in [0.4, 0.5) is 0 Å². The van der Waals surface area contributed by atoms with Crippen molar-refractivity contribution in [2.75, 3.05) is 13.7 Å². The Morgan fingerprint density at radius 3 is 2.59 bits per heavy atom. The number of ether oxygens (including phenoxy) is 2. The summed E-state index contributed by atoms with van der Waals surface area (Å²) in [6.07, 6.45) is 1.97. The van der Waals surface area contributed by atoms with Crippen molar-refractivity contribution in [1.29, 1.82) is 0 Å². The molecule has 0 aliphatic carbocycles. The molecule has 1 aliphatic heterocycles. The highest BCUT2D eigenvalue weighted by Gasteiger charge is 2.29. The lowest BCUT2D eigenvalue weighted by Gasteiger charge is -2.35. The fourth-order valence-electron chi connectivity index (χ4n) is 2.70. The zero-order valence-corrected chi connectivity index (χ0v) is 13.3. The Morgan fingerprint density at radius 1 is 1.32 bits per heavy atom. The van der Waals surface area contributed by atoms with Crippen LogP contribution >= 0.6 is 0 Å². The van der Waals surface area contributed by atoms with E-state index in [4.69, 9.17) is 4.74 Å². The van der Waals surface area contributed by atoms with Gasteiger partial charge in [-0.1, -0.05) is 12.1 Å². The van der Waals surface area contributed by atoms with Crippen molar-refractivity contribution in [2.45, 2.75) is 44.8 Å². The van der Waals surface area contributed by atoms with Crippen molar-refractivity contribution in [1.82, 2.24) is 5.32 Å². The maximum absolute atomic E-state index is 12.1. The molecule has 0 unspecified atom stereocenters. The van der Waals surface area contributed by atoms with Gasteiger partial charge in [-0.15, -0.1) is 0 Å². The van der Waals surface area contributed by atoms with Gasteiger partial charge in [0.25, 0.3) is 0 Å². The molecule has 1 atom stereocenters. The fourth-order valence-corrected chi connectivity index (χ4v) is 2.70. The van der Waals surface area contributed by atoms with Crippen LogP contribution in [0.25, 0.3) is 0 Å². The molecule has 120 valence electrons. The average molecular weight is 305 g/mol.